The SMILES string of the molecule is C=C(C)COCCNc1c(F)cccc1C(=O)O. The molecule has 18 heavy (non-hydrogen) atoms. The lowest BCUT2D eigenvalue weighted by Crippen LogP contribution is -2.14. The number of hydrogen-bond donors (Lipinski definition) is 2. The van der Waals surface area contributed by atoms with Crippen LogP contribution in [-0.4, -0.2) is 30.8 Å². The zero-order valence-electron chi connectivity index (χ0n) is 10.2. The molecule has 0 unspecified atom stereocenters. The van der Waals surface area contributed by atoms with Crippen molar-refractivity contribution in [2.24, 2.45) is 0 Å². The molecule has 0 radical (unpaired) electrons. The minimum Gasteiger partial charge on any atom is -0.478 e. The van der Waals surface area contributed by atoms with Crippen molar-refractivity contribution >= 4 is 11.7 Å². The van der Waals surface area contributed by atoms with E-state index in [0.29, 0.717) is 19.8 Å². The van der Waals surface area contributed by atoms with E-state index in [4.69, 9.17) is 9.84 Å². The van der Waals surface area contributed by atoms with E-state index in [1.165, 1.54) is 18.2 Å². The number of ether oxygens (including phenoxy) is 1. The molecular formula is C13H16FNO3. The lowest BCUT2D eigenvalue weighted by Gasteiger charge is -2.10. The predicted octanol–water partition coefficient (Wildman–Crippen LogP) is 2.53. The molecule has 0 spiro atoms. The van der Waals surface area contributed by atoms with Crippen LogP contribution in [0.15, 0.2) is 30.4 Å². The average Bonchev–Trinajstić information content (AvgIpc) is 2.29. The molecule has 0 saturated heterocycles. The molecule has 2 N–H and O–H groups in total. The van der Waals surface area contributed by atoms with Gasteiger partial charge in [-0.05, 0) is 19.1 Å². The molecule has 1 aromatic rings. The lowest BCUT2D eigenvalue weighted by molar-refractivity contribution is 0.0697. The van der Waals surface area contributed by atoms with E-state index in [1.807, 2.05) is 6.92 Å². The van der Waals surface area contributed by atoms with Crippen molar-refractivity contribution in [3.63, 3.8) is 0 Å². The number of anilines is 1. The third-order valence-electron chi connectivity index (χ3n) is 2.14. The molecule has 0 aliphatic heterocycles. The highest BCUT2D eigenvalue weighted by molar-refractivity contribution is 5.94. The molecule has 0 fully saturated rings. The molecule has 98 valence electrons. The Morgan fingerprint density at radius 3 is 2.89 bits per heavy atom. The highest BCUT2D eigenvalue weighted by Gasteiger charge is 2.13. The third-order valence-corrected chi connectivity index (χ3v) is 2.14. The second kappa shape index (κ2) is 6.76. The summed E-state index contributed by atoms with van der Waals surface area (Å²) in [6.07, 6.45) is 0. The third kappa shape index (κ3) is 4.18. The van der Waals surface area contributed by atoms with E-state index in [2.05, 4.69) is 11.9 Å². The van der Waals surface area contributed by atoms with Crippen LogP contribution in [0.5, 0.6) is 0 Å². The van der Waals surface area contributed by atoms with E-state index in [-0.39, 0.29) is 11.3 Å². The van der Waals surface area contributed by atoms with Crippen LogP contribution in [0.2, 0.25) is 0 Å². The van der Waals surface area contributed by atoms with Gasteiger partial charge in [0, 0.05) is 6.54 Å². The summed E-state index contributed by atoms with van der Waals surface area (Å²) < 4.78 is 18.7. The highest BCUT2D eigenvalue weighted by atomic mass is 19.1. The molecular weight excluding hydrogens is 237 g/mol. The molecule has 5 heteroatoms. The predicted molar refractivity (Wildman–Crippen MR) is 67.5 cm³/mol. The van der Waals surface area contributed by atoms with Crippen molar-refractivity contribution in [3.05, 3.63) is 41.7 Å². The lowest BCUT2D eigenvalue weighted by atomic mass is 10.1. The van der Waals surface area contributed by atoms with Gasteiger partial charge in [-0.1, -0.05) is 18.2 Å². The molecule has 4 nitrogen and oxygen atoms in total. The number of carboxylic acids is 1. The topological polar surface area (TPSA) is 58.6 Å². The van der Waals surface area contributed by atoms with E-state index >= 15 is 0 Å². The molecule has 0 aromatic heterocycles. The summed E-state index contributed by atoms with van der Waals surface area (Å²) >= 11 is 0. The Kier molecular flexibility index (Phi) is 5.32. The fraction of sp³-hybridized carbons (Fsp3) is 0.308. The zero-order chi connectivity index (χ0) is 13.5. The van der Waals surface area contributed by atoms with Crippen molar-refractivity contribution in [3.8, 4) is 0 Å². The van der Waals surface area contributed by atoms with E-state index < -0.39 is 11.8 Å². The number of hydrogen-bond acceptors (Lipinski definition) is 3. The van der Waals surface area contributed by atoms with Crippen LogP contribution in [0.1, 0.15) is 17.3 Å². The smallest absolute Gasteiger partial charge is 0.337 e. The first-order chi connectivity index (χ1) is 8.52. The maximum atomic E-state index is 13.5. The number of aromatic carboxylic acids is 1. The Balaban J connectivity index is 2.56. The van der Waals surface area contributed by atoms with Gasteiger partial charge in [0.05, 0.1) is 24.5 Å². The zero-order valence-corrected chi connectivity index (χ0v) is 10.2. The van der Waals surface area contributed by atoms with Crippen LogP contribution in [0, 0.1) is 5.82 Å². The number of carbonyl (C=O) groups is 1. The van der Waals surface area contributed by atoms with Crippen LogP contribution in [-0.2, 0) is 4.74 Å². The number of para-hydroxylation sites is 1. The maximum absolute atomic E-state index is 13.5. The normalized spacial score (nSPS) is 10.1. The Labute approximate surface area is 105 Å². The van der Waals surface area contributed by atoms with Gasteiger partial charge in [0.15, 0.2) is 0 Å². The second-order valence-corrected chi connectivity index (χ2v) is 3.90. The first-order valence-corrected chi connectivity index (χ1v) is 5.50. The summed E-state index contributed by atoms with van der Waals surface area (Å²) in [6, 6.07) is 3.92. The van der Waals surface area contributed by atoms with Gasteiger partial charge < -0.3 is 15.2 Å². The van der Waals surface area contributed by atoms with Gasteiger partial charge in [0.2, 0.25) is 0 Å². The summed E-state index contributed by atoms with van der Waals surface area (Å²) in [5.41, 5.74) is 0.797. The van der Waals surface area contributed by atoms with Crippen LogP contribution in [0.4, 0.5) is 10.1 Å². The molecule has 0 atom stereocenters. The standard InChI is InChI=1S/C13H16FNO3/c1-9(2)8-18-7-6-15-12-10(13(16)17)4-3-5-11(12)14/h3-5,15H,1,6-8H2,2H3,(H,16,17). The van der Waals surface area contributed by atoms with Gasteiger partial charge in [-0.15, -0.1) is 0 Å². The largest absolute Gasteiger partial charge is 0.478 e. The van der Waals surface area contributed by atoms with Gasteiger partial charge in [-0.3, -0.25) is 0 Å². The van der Waals surface area contributed by atoms with Gasteiger partial charge in [-0.25, -0.2) is 9.18 Å². The van der Waals surface area contributed by atoms with Crippen molar-refractivity contribution in [1.29, 1.82) is 0 Å². The number of nitrogens with one attached hydrogen (secondary N) is 1. The quantitative estimate of drug-likeness (QED) is 0.579. The Hall–Kier alpha value is -1.88. The maximum Gasteiger partial charge on any atom is 0.337 e. The molecule has 0 aliphatic rings. The molecule has 1 aromatic carbocycles. The average molecular weight is 253 g/mol. The summed E-state index contributed by atoms with van der Waals surface area (Å²) in [5.74, 6) is -1.75. The molecule has 0 amide bonds. The fourth-order valence-electron chi connectivity index (χ4n) is 1.38. The first-order valence-electron chi connectivity index (χ1n) is 5.50. The van der Waals surface area contributed by atoms with Crippen LogP contribution in [0.3, 0.4) is 0 Å². The van der Waals surface area contributed by atoms with E-state index in [9.17, 15) is 9.18 Å². The van der Waals surface area contributed by atoms with Crippen LogP contribution < -0.4 is 5.32 Å². The van der Waals surface area contributed by atoms with Crippen molar-refractivity contribution in [2.75, 3.05) is 25.1 Å². The summed E-state index contributed by atoms with van der Waals surface area (Å²) in [6.45, 7) is 6.63. The monoisotopic (exact) mass is 253 g/mol. The van der Waals surface area contributed by atoms with Gasteiger partial charge in [-0.2, -0.15) is 0 Å². The summed E-state index contributed by atoms with van der Waals surface area (Å²) in [4.78, 5) is 10.9. The highest BCUT2D eigenvalue weighted by Crippen LogP contribution is 2.19. The van der Waals surface area contributed by atoms with E-state index in [0.717, 1.165) is 5.57 Å². The van der Waals surface area contributed by atoms with Crippen LogP contribution in [0.25, 0.3) is 0 Å². The van der Waals surface area contributed by atoms with E-state index in [1.54, 1.807) is 0 Å². The molecule has 0 heterocycles. The van der Waals surface area contributed by atoms with Crippen molar-refractivity contribution < 1.29 is 19.0 Å². The van der Waals surface area contributed by atoms with Gasteiger partial charge >= 0.3 is 5.97 Å². The minimum absolute atomic E-state index is 0.0103. The molecule has 1 rings (SSSR count). The fourth-order valence-corrected chi connectivity index (χ4v) is 1.38. The van der Waals surface area contributed by atoms with Crippen molar-refractivity contribution in [1.82, 2.24) is 0 Å². The summed E-state index contributed by atoms with van der Waals surface area (Å²) in [5, 5.41) is 11.6. The second-order valence-electron chi connectivity index (χ2n) is 3.90. The Morgan fingerprint density at radius 2 is 2.28 bits per heavy atom. The number of halogens is 1. The Morgan fingerprint density at radius 1 is 1.56 bits per heavy atom. The van der Waals surface area contributed by atoms with Gasteiger partial charge in [0.1, 0.15) is 5.82 Å². The first kappa shape index (κ1) is 14.2. The molecule has 0 saturated carbocycles. The summed E-state index contributed by atoms with van der Waals surface area (Å²) in [7, 11) is 0. The number of rotatable bonds is 7. The Bertz CT molecular complexity index is 446. The number of carboxylic acid groups (broad SMARTS) is 1. The minimum atomic E-state index is -1.17. The molecule has 0 aliphatic carbocycles. The van der Waals surface area contributed by atoms with Crippen molar-refractivity contribution in [2.45, 2.75) is 6.92 Å². The van der Waals surface area contributed by atoms with Gasteiger partial charge in [0.25, 0.3) is 0 Å². The van der Waals surface area contributed by atoms with Crippen LogP contribution >= 0.6 is 0 Å². The molecule has 0 bridgehead atoms. The number of benzene rings is 1.